The van der Waals surface area contributed by atoms with Crippen LogP contribution >= 0.6 is 0 Å². The number of Topliss-reactive ketones (excluding diaryl/α,β-unsaturated/α-hetero) is 1. The highest BCUT2D eigenvalue weighted by molar-refractivity contribution is 5.94. The van der Waals surface area contributed by atoms with Gasteiger partial charge < -0.3 is 9.47 Å². The van der Waals surface area contributed by atoms with E-state index in [2.05, 4.69) is 17.4 Å². The maximum Gasteiger partial charge on any atom is 0.313 e. The summed E-state index contributed by atoms with van der Waals surface area (Å²) in [5, 5.41) is 0. The lowest BCUT2D eigenvalue weighted by atomic mass is 10.2. The van der Waals surface area contributed by atoms with E-state index < -0.39 is 5.97 Å². The Morgan fingerprint density at radius 1 is 1.16 bits per heavy atom. The second-order valence-corrected chi connectivity index (χ2v) is 5.07. The van der Waals surface area contributed by atoms with Crippen molar-refractivity contribution in [2.75, 3.05) is 6.61 Å². The van der Waals surface area contributed by atoms with Crippen molar-refractivity contribution < 1.29 is 19.1 Å². The van der Waals surface area contributed by atoms with Crippen LogP contribution < -0.4 is 0 Å². The summed E-state index contributed by atoms with van der Waals surface area (Å²) < 4.78 is 10.1. The maximum atomic E-state index is 10.4. The van der Waals surface area contributed by atoms with Gasteiger partial charge in [-0.2, -0.15) is 0 Å². The number of hydrogen-bond acceptors (Lipinski definition) is 4. The molecule has 25 heavy (non-hydrogen) atoms. The molecule has 0 saturated heterocycles. The van der Waals surface area contributed by atoms with Crippen molar-refractivity contribution in [1.29, 1.82) is 0 Å². The largest absolute Gasteiger partial charge is 0.489 e. The highest BCUT2D eigenvalue weighted by Gasteiger charge is 2.03. The zero-order valence-electron chi connectivity index (χ0n) is 15.4. The molecule has 1 rings (SSSR count). The number of ether oxygens (including phenoxy) is 2. The van der Waals surface area contributed by atoms with Crippen LogP contribution in [0.4, 0.5) is 0 Å². The van der Waals surface area contributed by atoms with Gasteiger partial charge in [0.25, 0.3) is 0 Å². The number of benzene rings is 1. The lowest BCUT2D eigenvalue weighted by Crippen LogP contribution is -2.07. The van der Waals surface area contributed by atoms with Crippen molar-refractivity contribution in [1.82, 2.24) is 0 Å². The molecule has 0 fully saturated rings. The molecule has 4 nitrogen and oxygen atoms in total. The number of rotatable bonds is 9. The van der Waals surface area contributed by atoms with Crippen molar-refractivity contribution in [2.45, 2.75) is 40.2 Å². The topological polar surface area (TPSA) is 52.6 Å². The third-order valence-corrected chi connectivity index (χ3v) is 2.84. The summed E-state index contributed by atoms with van der Waals surface area (Å²) in [5.41, 5.74) is 1.17. The fourth-order valence-electron chi connectivity index (χ4n) is 1.68. The average Bonchev–Trinajstić information content (AvgIpc) is 2.59. The highest BCUT2D eigenvalue weighted by atomic mass is 16.5. The lowest BCUT2D eigenvalue weighted by Gasteiger charge is -2.06. The maximum absolute atomic E-state index is 10.4. The van der Waals surface area contributed by atoms with E-state index in [4.69, 9.17) is 4.74 Å². The molecule has 4 heteroatoms. The molecule has 0 unspecified atom stereocenters. The molecule has 0 amide bonds. The molecule has 0 heterocycles. The van der Waals surface area contributed by atoms with Crippen LogP contribution in [-0.2, 0) is 25.7 Å². The van der Waals surface area contributed by atoms with E-state index in [0.717, 1.165) is 12.2 Å². The van der Waals surface area contributed by atoms with E-state index in [1.807, 2.05) is 49.4 Å². The van der Waals surface area contributed by atoms with E-state index in [-0.39, 0.29) is 12.2 Å². The van der Waals surface area contributed by atoms with Gasteiger partial charge in [-0.25, -0.2) is 0 Å². The molecule has 0 bridgehead atoms. The zero-order valence-corrected chi connectivity index (χ0v) is 15.4. The van der Waals surface area contributed by atoms with Crippen molar-refractivity contribution in [2.24, 2.45) is 0 Å². The fourth-order valence-corrected chi connectivity index (χ4v) is 1.68. The summed E-state index contributed by atoms with van der Waals surface area (Å²) in [4.78, 5) is 20.6. The number of allylic oxidation sites excluding steroid dienone is 4. The van der Waals surface area contributed by atoms with Crippen LogP contribution in [0.25, 0.3) is 0 Å². The molecule has 0 aliphatic heterocycles. The molecule has 136 valence electrons. The van der Waals surface area contributed by atoms with Crippen molar-refractivity contribution >= 4 is 11.8 Å². The predicted molar refractivity (Wildman–Crippen MR) is 101 cm³/mol. The summed E-state index contributed by atoms with van der Waals surface area (Å²) in [5.74, 6) is 0.236. The SMILES string of the molecule is C=C/C(=C\C/C=C\C)OCc1ccccc1.CCOC(=O)CC(C)=O. The van der Waals surface area contributed by atoms with Gasteiger partial charge in [0.15, 0.2) is 0 Å². The Bertz CT molecular complexity index is 571. The van der Waals surface area contributed by atoms with Crippen molar-refractivity contribution in [3.63, 3.8) is 0 Å². The predicted octanol–water partition coefficient (Wildman–Crippen LogP) is 4.77. The molecular formula is C21H28O4. The minimum Gasteiger partial charge on any atom is -0.489 e. The number of carbonyl (C=O) groups is 2. The first-order valence-electron chi connectivity index (χ1n) is 8.29. The van der Waals surface area contributed by atoms with Gasteiger partial charge in [-0.3, -0.25) is 9.59 Å². The second kappa shape index (κ2) is 14.9. The molecule has 1 aromatic carbocycles. The third-order valence-electron chi connectivity index (χ3n) is 2.84. The average molecular weight is 344 g/mol. The van der Waals surface area contributed by atoms with Gasteiger partial charge in [0.2, 0.25) is 0 Å². The van der Waals surface area contributed by atoms with Gasteiger partial charge in [0.05, 0.1) is 6.61 Å². The highest BCUT2D eigenvalue weighted by Crippen LogP contribution is 2.07. The summed E-state index contributed by atoms with van der Waals surface area (Å²) in [6.45, 7) is 9.74. The van der Waals surface area contributed by atoms with Crippen molar-refractivity contribution in [3.8, 4) is 0 Å². The van der Waals surface area contributed by atoms with Crippen LogP contribution in [0.2, 0.25) is 0 Å². The fraction of sp³-hybridized carbons (Fsp3) is 0.333. The Morgan fingerprint density at radius 2 is 1.84 bits per heavy atom. The third kappa shape index (κ3) is 13.5. The normalized spacial score (nSPS) is 10.6. The van der Waals surface area contributed by atoms with Crippen LogP contribution in [0, 0.1) is 0 Å². The van der Waals surface area contributed by atoms with E-state index in [1.165, 1.54) is 12.5 Å². The number of carbonyl (C=O) groups excluding carboxylic acids is 2. The summed E-state index contributed by atoms with van der Waals surface area (Å²) in [6, 6.07) is 10.1. The first kappa shape index (κ1) is 22.4. The van der Waals surface area contributed by atoms with Gasteiger partial charge in [-0.05, 0) is 44.9 Å². The lowest BCUT2D eigenvalue weighted by molar-refractivity contribution is -0.145. The van der Waals surface area contributed by atoms with Gasteiger partial charge in [-0.15, -0.1) is 0 Å². The smallest absolute Gasteiger partial charge is 0.313 e. The molecule has 0 atom stereocenters. The number of esters is 1. The first-order chi connectivity index (χ1) is 12.0. The Balaban J connectivity index is 0.000000547. The standard InChI is InChI=1S/C15H18O.C6H10O3/c1-3-5-7-12-15(4-2)16-13-14-10-8-6-9-11-14;1-3-9-6(8)4-5(2)7/h3-6,8-12H,2,7,13H2,1H3;3-4H2,1-2H3/b5-3-,15-12+;. The second-order valence-electron chi connectivity index (χ2n) is 5.07. The molecule has 0 radical (unpaired) electrons. The van der Waals surface area contributed by atoms with Crippen molar-refractivity contribution in [3.05, 3.63) is 72.5 Å². The molecule has 1 aromatic rings. The van der Waals surface area contributed by atoms with E-state index in [9.17, 15) is 9.59 Å². The quantitative estimate of drug-likeness (QED) is 0.213. The molecule has 0 aliphatic rings. The Kier molecular flexibility index (Phi) is 13.4. The molecule has 0 aromatic heterocycles. The van der Waals surface area contributed by atoms with Crippen LogP contribution in [0.3, 0.4) is 0 Å². The van der Waals surface area contributed by atoms with Crippen LogP contribution in [0.15, 0.2) is 67.0 Å². The van der Waals surface area contributed by atoms with Gasteiger partial charge in [0, 0.05) is 0 Å². The number of ketones is 1. The van der Waals surface area contributed by atoms with Gasteiger partial charge >= 0.3 is 5.97 Å². The Labute approximate surface area is 150 Å². The molecule has 0 aliphatic carbocycles. The first-order valence-corrected chi connectivity index (χ1v) is 8.29. The minimum atomic E-state index is -0.440. The van der Waals surface area contributed by atoms with E-state index in [1.54, 1.807) is 13.0 Å². The summed E-state index contributed by atoms with van der Waals surface area (Å²) in [6.07, 6.45) is 8.65. The van der Waals surface area contributed by atoms with E-state index >= 15 is 0 Å². The van der Waals surface area contributed by atoms with Crippen LogP contribution in [-0.4, -0.2) is 18.4 Å². The monoisotopic (exact) mass is 344 g/mol. The Hall–Kier alpha value is -2.62. The molecule has 0 spiro atoms. The van der Waals surface area contributed by atoms with Gasteiger partial charge in [-0.1, -0.05) is 49.1 Å². The van der Waals surface area contributed by atoms with Crippen LogP contribution in [0.5, 0.6) is 0 Å². The summed E-state index contributed by atoms with van der Waals surface area (Å²) in [7, 11) is 0. The molecule has 0 N–H and O–H groups in total. The zero-order chi connectivity index (χ0) is 18.9. The summed E-state index contributed by atoms with van der Waals surface area (Å²) >= 11 is 0. The number of hydrogen-bond donors (Lipinski definition) is 0. The Morgan fingerprint density at radius 3 is 2.36 bits per heavy atom. The van der Waals surface area contributed by atoms with Gasteiger partial charge in [0.1, 0.15) is 24.6 Å². The molecule has 0 saturated carbocycles. The van der Waals surface area contributed by atoms with Crippen LogP contribution in [0.1, 0.15) is 39.2 Å². The minimum absolute atomic E-state index is 0.103. The molecular weight excluding hydrogens is 316 g/mol. The van der Waals surface area contributed by atoms with E-state index in [0.29, 0.717) is 13.2 Å².